The molecule has 0 bridgehead atoms. The van der Waals surface area contributed by atoms with Gasteiger partial charge in [0, 0.05) is 20.1 Å². The normalized spacial score (nSPS) is 12.4. The number of halogens is 1. The Balaban J connectivity index is 2.36. The van der Waals surface area contributed by atoms with Crippen LogP contribution < -0.4 is 4.72 Å². The minimum atomic E-state index is -3.20. The fraction of sp³-hybridized carbons (Fsp3) is 0.667. The molecule has 0 unspecified atom stereocenters. The van der Waals surface area contributed by atoms with Crippen LogP contribution in [0, 0.1) is 0 Å². The minimum absolute atomic E-state index is 0.277. The number of hydrogen-bond donors (Lipinski definition) is 1. The third-order valence-corrected chi connectivity index (χ3v) is 4.14. The van der Waals surface area contributed by atoms with Gasteiger partial charge >= 0.3 is 0 Å². The highest BCUT2D eigenvalue weighted by atomic mass is 35.5. The van der Waals surface area contributed by atoms with E-state index in [0.717, 1.165) is 41.8 Å². The quantitative estimate of drug-likeness (QED) is 0.767. The van der Waals surface area contributed by atoms with Crippen molar-refractivity contribution in [2.75, 3.05) is 12.8 Å². The Labute approximate surface area is 129 Å². The fourth-order valence-electron chi connectivity index (χ4n) is 2.37. The molecule has 0 radical (unpaired) electrons. The number of nitrogens with zero attached hydrogens (tertiary/aromatic N) is 4. The van der Waals surface area contributed by atoms with E-state index in [4.69, 9.17) is 11.6 Å². The molecule has 0 aliphatic heterocycles. The molecule has 0 atom stereocenters. The lowest BCUT2D eigenvalue weighted by Crippen LogP contribution is -2.26. The molecule has 1 N–H and O–H groups in total. The van der Waals surface area contributed by atoms with Crippen molar-refractivity contribution >= 4 is 32.8 Å². The molecule has 7 nitrogen and oxygen atoms in total. The zero-order valence-corrected chi connectivity index (χ0v) is 14.0. The average molecular weight is 334 g/mol. The van der Waals surface area contributed by atoms with Gasteiger partial charge in [-0.3, -0.25) is 4.68 Å². The molecular formula is C12H20ClN5O2S. The van der Waals surface area contributed by atoms with Crippen LogP contribution in [0.15, 0.2) is 0 Å². The van der Waals surface area contributed by atoms with E-state index < -0.39 is 10.0 Å². The van der Waals surface area contributed by atoms with Crippen LogP contribution in [-0.2, 0) is 35.9 Å². The standard InChI is InChI=1S/C12H20ClN5O2S/c1-4-5-9-11-12(17(2)16-9)18(10(8-13)15-11)7-6-14-21(3,19)20/h14H,4-8H2,1-3H3. The third-order valence-electron chi connectivity index (χ3n) is 3.18. The van der Waals surface area contributed by atoms with E-state index in [1.165, 1.54) is 0 Å². The maximum absolute atomic E-state index is 11.2. The van der Waals surface area contributed by atoms with Gasteiger partial charge in [0.1, 0.15) is 11.3 Å². The number of aromatic nitrogens is 4. The van der Waals surface area contributed by atoms with Gasteiger partial charge in [-0.25, -0.2) is 18.1 Å². The maximum Gasteiger partial charge on any atom is 0.208 e. The molecule has 2 aromatic heterocycles. The van der Waals surface area contributed by atoms with Crippen LogP contribution in [0.5, 0.6) is 0 Å². The average Bonchev–Trinajstić information content (AvgIpc) is 2.88. The van der Waals surface area contributed by atoms with Gasteiger partial charge in [0.25, 0.3) is 0 Å². The van der Waals surface area contributed by atoms with E-state index in [1.807, 2.05) is 11.6 Å². The van der Waals surface area contributed by atoms with Crippen molar-refractivity contribution in [1.29, 1.82) is 0 Å². The van der Waals surface area contributed by atoms with Gasteiger partial charge in [0.2, 0.25) is 10.0 Å². The van der Waals surface area contributed by atoms with E-state index in [1.54, 1.807) is 4.68 Å². The molecule has 0 amide bonds. The lowest BCUT2D eigenvalue weighted by atomic mass is 10.2. The monoisotopic (exact) mass is 333 g/mol. The first kappa shape index (κ1) is 16.3. The van der Waals surface area contributed by atoms with Crippen LogP contribution in [0.2, 0.25) is 0 Å². The van der Waals surface area contributed by atoms with Crippen molar-refractivity contribution in [1.82, 2.24) is 24.1 Å². The zero-order chi connectivity index (χ0) is 15.6. The summed E-state index contributed by atoms with van der Waals surface area (Å²) in [4.78, 5) is 4.56. The summed E-state index contributed by atoms with van der Waals surface area (Å²) in [6, 6.07) is 0. The smallest absolute Gasteiger partial charge is 0.208 e. The van der Waals surface area contributed by atoms with Crippen LogP contribution in [0.4, 0.5) is 0 Å². The minimum Gasteiger partial charge on any atom is -0.311 e. The van der Waals surface area contributed by atoms with Gasteiger partial charge in [0.15, 0.2) is 5.65 Å². The first-order chi connectivity index (χ1) is 9.87. The first-order valence-electron chi connectivity index (χ1n) is 6.79. The molecule has 0 fully saturated rings. The van der Waals surface area contributed by atoms with Crippen LogP contribution >= 0.6 is 11.6 Å². The second-order valence-corrected chi connectivity index (χ2v) is 7.07. The summed E-state index contributed by atoms with van der Waals surface area (Å²) in [6.07, 6.45) is 2.99. The number of nitrogens with one attached hydrogen (secondary N) is 1. The van der Waals surface area contributed by atoms with Gasteiger partial charge in [-0.1, -0.05) is 13.3 Å². The Morgan fingerprint density at radius 1 is 1.38 bits per heavy atom. The van der Waals surface area contributed by atoms with Gasteiger partial charge in [-0.2, -0.15) is 5.10 Å². The Bertz CT molecular complexity index is 734. The zero-order valence-electron chi connectivity index (χ0n) is 12.4. The number of hydrogen-bond acceptors (Lipinski definition) is 4. The highest BCUT2D eigenvalue weighted by molar-refractivity contribution is 7.88. The molecule has 0 aliphatic rings. The highest BCUT2D eigenvalue weighted by Crippen LogP contribution is 2.21. The SMILES string of the molecule is CCCc1nn(C)c2c1nc(CCl)n2CCNS(C)(=O)=O. The van der Waals surface area contributed by atoms with Crippen molar-refractivity contribution in [3.05, 3.63) is 11.5 Å². The second kappa shape index (κ2) is 6.33. The van der Waals surface area contributed by atoms with Crippen molar-refractivity contribution in [3.63, 3.8) is 0 Å². The van der Waals surface area contributed by atoms with Crippen molar-refractivity contribution < 1.29 is 8.42 Å². The van der Waals surface area contributed by atoms with Gasteiger partial charge < -0.3 is 4.57 Å². The highest BCUT2D eigenvalue weighted by Gasteiger charge is 2.18. The number of aryl methyl sites for hydroxylation is 2. The van der Waals surface area contributed by atoms with Gasteiger partial charge in [-0.15, -0.1) is 11.6 Å². The Hall–Kier alpha value is -1.12. The fourth-order valence-corrected chi connectivity index (χ4v) is 3.04. The summed E-state index contributed by atoms with van der Waals surface area (Å²) in [5.41, 5.74) is 2.69. The van der Waals surface area contributed by atoms with Crippen LogP contribution in [0.3, 0.4) is 0 Å². The predicted octanol–water partition coefficient (Wildman–Crippen LogP) is 1.01. The molecule has 0 spiro atoms. The predicted molar refractivity (Wildman–Crippen MR) is 82.9 cm³/mol. The van der Waals surface area contributed by atoms with Crippen molar-refractivity contribution in [2.24, 2.45) is 7.05 Å². The number of sulfonamides is 1. The molecule has 0 aliphatic carbocycles. The summed E-state index contributed by atoms with van der Waals surface area (Å²) >= 11 is 5.96. The number of fused-ring (bicyclic) bond motifs is 1. The van der Waals surface area contributed by atoms with Crippen LogP contribution in [-0.4, -0.2) is 40.5 Å². The maximum atomic E-state index is 11.2. The number of imidazole rings is 1. The topological polar surface area (TPSA) is 81.8 Å². The van der Waals surface area contributed by atoms with Crippen molar-refractivity contribution in [3.8, 4) is 0 Å². The van der Waals surface area contributed by atoms with Crippen molar-refractivity contribution in [2.45, 2.75) is 32.2 Å². The van der Waals surface area contributed by atoms with E-state index >= 15 is 0 Å². The Morgan fingerprint density at radius 2 is 2.10 bits per heavy atom. The third kappa shape index (κ3) is 3.56. The summed E-state index contributed by atoms with van der Waals surface area (Å²) in [5.74, 6) is 1.01. The van der Waals surface area contributed by atoms with E-state index in [2.05, 4.69) is 21.7 Å². The number of alkyl halides is 1. The summed E-state index contributed by atoms with van der Waals surface area (Å²) in [7, 11) is -1.34. The Morgan fingerprint density at radius 3 is 2.67 bits per heavy atom. The molecule has 9 heteroatoms. The van der Waals surface area contributed by atoms with E-state index in [9.17, 15) is 8.42 Å². The van der Waals surface area contributed by atoms with Gasteiger partial charge in [0.05, 0.1) is 17.8 Å². The summed E-state index contributed by atoms with van der Waals surface area (Å²) in [6.45, 7) is 2.86. The largest absolute Gasteiger partial charge is 0.311 e. The molecular weight excluding hydrogens is 314 g/mol. The lowest BCUT2D eigenvalue weighted by molar-refractivity contribution is 0.575. The Kier molecular flexibility index (Phi) is 4.90. The number of rotatable bonds is 7. The molecule has 2 heterocycles. The molecule has 0 aromatic carbocycles. The molecule has 2 rings (SSSR count). The van der Waals surface area contributed by atoms with Gasteiger partial charge in [-0.05, 0) is 6.42 Å². The van der Waals surface area contributed by atoms with Crippen LogP contribution in [0.25, 0.3) is 11.2 Å². The second-order valence-electron chi connectivity index (χ2n) is 4.97. The molecule has 118 valence electrons. The van der Waals surface area contributed by atoms with E-state index in [0.29, 0.717) is 13.1 Å². The van der Waals surface area contributed by atoms with Crippen LogP contribution in [0.1, 0.15) is 24.9 Å². The lowest BCUT2D eigenvalue weighted by Gasteiger charge is -2.08. The summed E-state index contributed by atoms with van der Waals surface area (Å²) in [5, 5.41) is 4.48. The molecule has 21 heavy (non-hydrogen) atoms. The summed E-state index contributed by atoms with van der Waals surface area (Å²) < 4.78 is 28.5. The molecule has 2 aromatic rings. The van der Waals surface area contributed by atoms with E-state index in [-0.39, 0.29) is 5.88 Å². The first-order valence-corrected chi connectivity index (χ1v) is 9.21. The molecule has 0 saturated carbocycles. The molecule has 0 saturated heterocycles.